The molecule has 2 aliphatic rings. The zero-order valence-corrected chi connectivity index (χ0v) is 10.4. The number of hydrogen-bond acceptors (Lipinski definition) is 6. The Morgan fingerprint density at radius 3 is 3.06 bits per heavy atom. The van der Waals surface area contributed by atoms with Crippen molar-refractivity contribution in [2.24, 2.45) is 0 Å². The number of fused-ring (bicyclic) bond motifs is 2. The third-order valence-electron chi connectivity index (χ3n) is 3.50. The molecule has 98 valence electrons. The van der Waals surface area contributed by atoms with E-state index in [0.29, 0.717) is 36.5 Å². The number of aromatic nitrogens is 2. The maximum atomic E-state index is 5.80. The van der Waals surface area contributed by atoms with Crippen molar-refractivity contribution in [2.75, 3.05) is 18.2 Å². The minimum Gasteiger partial charge on any atom is -0.384 e. The molecule has 6 nitrogen and oxygen atoms in total. The maximum Gasteiger partial charge on any atom is 0.158 e. The molecule has 3 rings (SSSR count). The smallest absolute Gasteiger partial charge is 0.158 e. The summed E-state index contributed by atoms with van der Waals surface area (Å²) in [5, 5.41) is 3.40. The molecule has 18 heavy (non-hydrogen) atoms. The first-order valence-corrected chi connectivity index (χ1v) is 6.29. The van der Waals surface area contributed by atoms with Crippen LogP contribution in [0.25, 0.3) is 0 Å². The molecule has 0 saturated carbocycles. The van der Waals surface area contributed by atoms with Crippen molar-refractivity contribution in [3.05, 3.63) is 11.9 Å². The van der Waals surface area contributed by atoms with Crippen LogP contribution in [0.5, 0.6) is 0 Å². The molecule has 3 unspecified atom stereocenters. The van der Waals surface area contributed by atoms with E-state index in [2.05, 4.69) is 15.3 Å². The van der Waals surface area contributed by atoms with Crippen LogP contribution in [-0.2, 0) is 16.1 Å². The van der Waals surface area contributed by atoms with Crippen molar-refractivity contribution in [1.29, 1.82) is 0 Å². The number of nitrogens with two attached hydrogens (primary N) is 1. The van der Waals surface area contributed by atoms with Crippen LogP contribution in [0.2, 0.25) is 0 Å². The van der Waals surface area contributed by atoms with Crippen LogP contribution in [-0.4, -0.2) is 35.3 Å². The third-order valence-corrected chi connectivity index (χ3v) is 3.50. The van der Waals surface area contributed by atoms with Crippen LogP contribution < -0.4 is 11.1 Å². The minimum absolute atomic E-state index is 0.317. The average molecular weight is 250 g/mol. The highest BCUT2D eigenvalue weighted by molar-refractivity contribution is 5.45. The number of methoxy groups -OCH3 is 1. The summed E-state index contributed by atoms with van der Waals surface area (Å²) in [6, 6.07) is 2.10. The first-order valence-electron chi connectivity index (χ1n) is 6.29. The summed E-state index contributed by atoms with van der Waals surface area (Å²) in [4.78, 5) is 8.50. The van der Waals surface area contributed by atoms with Crippen molar-refractivity contribution in [3.63, 3.8) is 0 Å². The second-order valence-corrected chi connectivity index (χ2v) is 4.89. The third kappa shape index (κ3) is 2.26. The number of rotatable bonds is 4. The second-order valence-electron chi connectivity index (χ2n) is 4.89. The summed E-state index contributed by atoms with van der Waals surface area (Å²) < 4.78 is 10.8. The minimum atomic E-state index is 0.317. The van der Waals surface area contributed by atoms with Gasteiger partial charge in [-0.25, -0.2) is 9.97 Å². The van der Waals surface area contributed by atoms with Crippen LogP contribution in [0.4, 0.5) is 11.6 Å². The molecule has 2 bridgehead atoms. The van der Waals surface area contributed by atoms with Crippen LogP contribution in [0.1, 0.15) is 25.1 Å². The lowest BCUT2D eigenvalue weighted by Gasteiger charge is -2.20. The summed E-state index contributed by atoms with van der Waals surface area (Å²) in [5.41, 5.74) is 5.76. The Bertz CT molecular complexity index is 440. The Morgan fingerprint density at radius 1 is 1.50 bits per heavy atom. The quantitative estimate of drug-likeness (QED) is 0.827. The van der Waals surface area contributed by atoms with E-state index >= 15 is 0 Å². The summed E-state index contributed by atoms with van der Waals surface area (Å²) >= 11 is 0. The fourth-order valence-electron chi connectivity index (χ4n) is 2.76. The largest absolute Gasteiger partial charge is 0.384 e. The number of hydrogen-bond donors (Lipinski definition) is 2. The van der Waals surface area contributed by atoms with Gasteiger partial charge in [0, 0.05) is 13.2 Å². The van der Waals surface area contributed by atoms with Gasteiger partial charge in [-0.05, 0) is 19.3 Å². The number of ether oxygens (including phenoxy) is 2. The van der Waals surface area contributed by atoms with Gasteiger partial charge in [-0.1, -0.05) is 0 Å². The topological polar surface area (TPSA) is 82.3 Å². The van der Waals surface area contributed by atoms with Crippen molar-refractivity contribution < 1.29 is 9.47 Å². The first kappa shape index (κ1) is 11.7. The van der Waals surface area contributed by atoms with Gasteiger partial charge in [-0.2, -0.15) is 0 Å². The monoisotopic (exact) mass is 250 g/mol. The van der Waals surface area contributed by atoms with E-state index < -0.39 is 0 Å². The molecule has 2 aliphatic heterocycles. The Labute approximate surface area is 106 Å². The maximum absolute atomic E-state index is 5.80. The zero-order chi connectivity index (χ0) is 12.5. The zero-order valence-electron chi connectivity index (χ0n) is 10.4. The van der Waals surface area contributed by atoms with E-state index in [4.69, 9.17) is 15.2 Å². The molecule has 3 atom stereocenters. The summed E-state index contributed by atoms with van der Waals surface area (Å²) in [6.45, 7) is 0.368. The van der Waals surface area contributed by atoms with E-state index in [1.54, 1.807) is 13.2 Å². The standard InChI is InChI=1S/C12H18N4O2/c1-17-6-12-15-10(13)5-11(16-12)14-8-4-7-2-3-9(8)18-7/h5,7-9H,2-4,6H2,1H3,(H3,13,14,15,16). The van der Waals surface area contributed by atoms with E-state index in [-0.39, 0.29) is 0 Å². The molecule has 1 aromatic heterocycles. The van der Waals surface area contributed by atoms with Gasteiger partial charge >= 0.3 is 0 Å². The number of nitrogens with one attached hydrogen (secondary N) is 1. The Morgan fingerprint density at radius 2 is 2.39 bits per heavy atom. The van der Waals surface area contributed by atoms with Gasteiger partial charge in [0.15, 0.2) is 5.82 Å². The highest BCUT2D eigenvalue weighted by Gasteiger charge is 2.40. The summed E-state index contributed by atoms with van der Waals surface area (Å²) in [6.07, 6.45) is 4.10. The molecule has 2 saturated heterocycles. The highest BCUT2D eigenvalue weighted by atomic mass is 16.5. The van der Waals surface area contributed by atoms with Gasteiger partial charge in [0.05, 0.1) is 18.2 Å². The van der Waals surface area contributed by atoms with Gasteiger partial charge in [-0.3, -0.25) is 0 Å². The molecule has 6 heteroatoms. The van der Waals surface area contributed by atoms with Gasteiger partial charge in [0.25, 0.3) is 0 Å². The summed E-state index contributed by atoms with van der Waals surface area (Å²) in [5.74, 6) is 1.82. The molecule has 0 radical (unpaired) electrons. The van der Waals surface area contributed by atoms with Crippen LogP contribution in [0.3, 0.4) is 0 Å². The van der Waals surface area contributed by atoms with Gasteiger partial charge in [0.2, 0.25) is 0 Å². The summed E-state index contributed by atoms with van der Waals surface area (Å²) in [7, 11) is 1.61. The van der Waals surface area contributed by atoms with E-state index in [1.165, 1.54) is 6.42 Å². The number of nitrogens with zero attached hydrogens (tertiary/aromatic N) is 2. The SMILES string of the molecule is COCc1nc(N)cc(NC2CC3CCC2O3)n1. The molecule has 0 amide bonds. The molecule has 0 aliphatic carbocycles. The second kappa shape index (κ2) is 4.70. The molecule has 3 heterocycles. The molecule has 2 fully saturated rings. The first-order chi connectivity index (χ1) is 8.74. The van der Waals surface area contributed by atoms with Crippen LogP contribution in [0.15, 0.2) is 6.07 Å². The Balaban J connectivity index is 1.72. The molecule has 3 N–H and O–H groups in total. The van der Waals surface area contributed by atoms with Crippen molar-refractivity contribution >= 4 is 11.6 Å². The lowest BCUT2D eigenvalue weighted by molar-refractivity contribution is 0.102. The number of nitrogen functional groups attached to an aromatic ring is 1. The Kier molecular flexibility index (Phi) is 3.05. The molecule has 1 aromatic rings. The predicted molar refractivity (Wildman–Crippen MR) is 67.1 cm³/mol. The van der Waals surface area contributed by atoms with Gasteiger partial charge < -0.3 is 20.5 Å². The van der Waals surface area contributed by atoms with Gasteiger partial charge in [-0.15, -0.1) is 0 Å². The normalized spacial score (nSPS) is 29.7. The van der Waals surface area contributed by atoms with Gasteiger partial charge in [0.1, 0.15) is 18.2 Å². The highest BCUT2D eigenvalue weighted by Crippen LogP contribution is 2.35. The molecule has 0 spiro atoms. The van der Waals surface area contributed by atoms with Crippen molar-refractivity contribution in [3.8, 4) is 0 Å². The van der Waals surface area contributed by atoms with E-state index in [0.717, 1.165) is 18.7 Å². The van der Waals surface area contributed by atoms with E-state index in [9.17, 15) is 0 Å². The number of anilines is 2. The fourth-order valence-corrected chi connectivity index (χ4v) is 2.76. The van der Waals surface area contributed by atoms with Crippen LogP contribution in [0, 0.1) is 0 Å². The van der Waals surface area contributed by atoms with Crippen LogP contribution >= 0.6 is 0 Å². The Hall–Kier alpha value is -1.40. The lowest BCUT2D eigenvalue weighted by atomic mass is 9.95. The van der Waals surface area contributed by atoms with Crippen molar-refractivity contribution in [1.82, 2.24) is 9.97 Å². The fraction of sp³-hybridized carbons (Fsp3) is 0.667. The van der Waals surface area contributed by atoms with E-state index in [1.807, 2.05) is 0 Å². The molecular formula is C12H18N4O2. The lowest BCUT2D eigenvalue weighted by Crippen LogP contribution is -2.31. The average Bonchev–Trinajstić information content (AvgIpc) is 2.90. The molecule has 0 aromatic carbocycles. The predicted octanol–water partition coefficient (Wildman–Crippen LogP) is 0.937. The molecular weight excluding hydrogens is 232 g/mol. The van der Waals surface area contributed by atoms with Crippen molar-refractivity contribution in [2.45, 2.75) is 44.1 Å².